The molecule has 0 saturated heterocycles. The van der Waals surface area contributed by atoms with Gasteiger partial charge in [-0.3, -0.25) is 10.1 Å². The summed E-state index contributed by atoms with van der Waals surface area (Å²) in [7, 11) is 0. The first kappa shape index (κ1) is 16.7. The minimum Gasteiger partial charge on any atom is -0.477 e. The molecule has 25 heavy (non-hydrogen) atoms. The van der Waals surface area contributed by atoms with Crippen molar-refractivity contribution in [1.29, 1.82) is 0 Å². The van der Waals surface area contributed by atoms with E-state index in [0.717, 1.165) is 19.3 Å². The lowest BCUT2D eigenvalue weighted by molar-refractivity contribution is -0.384. The van der Waals surface area contributed by atoms with E-state index in [1.807, 2.05) is 18.2 Å². The highest BCUT2D eigenvalue weighted by Crippen LogP contribution is 2.25. The van der Waals surface area contributed by atoms with Crippen molar-refractivity contribution in [3.8, 4) is 0 Å². The van der Waals surface area contributed by atoms with Gasteiger partial charge < -0.3 is 9.67 Å². The van der Waals surface area contributed by atoms with Gasteiger partial charge in [0.1, 0.15) is 5.69 Å². The maximum Gasteiger partial charge on any atom is 0.352 e. The minimum atomic E-state index is -1.03. The Morgan fingerprint density at radius 1 is 1.08 bits per heavy atom. The van der Waals surface area contributed by atoms with Crippen LogP contribution in [0.4, 0.5) is 5.69 Å². The van der Waals surface area contributed by atoms with Gasteiger partial charge in [-0.25, -0.2) is 4.79 Å². The maximum absolute atomic E-state index is 11.5. The number of hydrogen-bond acceptors (Lipinski definition) is 3. The van der Waals surface area contributed by atoms with Crippen molar-refractivity contribution in [3.05, 3.63) is 76.0 Å². The Balaban J connectivity index is 1.78. The standard InChI is InChI=1S/C19H18N2O4/c22-19(23)18-13-15-12-16(21(24)25)9-10-17(15)20(18)11-5-4-8-14-6-2-1-3-7-14/h1-3,6-7,9-10,12-13H,4-5,8,11H2,(H,22,23). The van der Waals surface area contributed by atoms with Crippen molar-refractivity contribution in [2.75, 3.05) is 0 Å². The Kier molecular flexibility index (Phi) is 4.79. The molecule has 2 aromatic carbocycles. The van der Waals surface area contributed by atoms with Crippen LogP contribution in [0.25, 0.3) is 10.9 Å². The zero-order valence-corrected chi connectivity index (χ0v) is 13.6. The highest BCUT2D eigenvalue weighted by atomic mass is 16.6. The SMILES string of the molecule is O=C(O)c1cc2cc([N+](=O)[O-])ccc2n1CCCCc1ccccc1. The van der Waals surface area contributed by atoms with Crippen LogP contribution in [-0.4, -0.2) is 20.6 Å². The second kappa shape index (κ2) is 7.17. The molecule has 1 aromatic heterocycles. The fourth-order valence-electron chi connectivity index (χ4n) is 3.03. The number of benzene rings is 2. The summed E-state index contributed by atoms with van der Waals surface area (Å²) in [6, 6.07) is 16.1. The Bertz CT molecular complexity index is 916. The van der Waals surface area contributed by atoms with E-state index in [2.05, 4.69) is 12.1 Å². The number of rotatable bonds is 7. The van der Waals surface area contributed by atoms with Crippen LogP contribution in [0.1, 0.15) is 28.9 Å². The van der Waals surface area contributed by atoms with Crippen molar-refractivity contribution in [2.24, 2.45) is 0 Å². The number of fused-ring (bicyclic) bond motifs is 1. The fourth-order valence-corrected chi connectivity index (χ4v) is 3.03. The molecule has 6 nitrogen and oxygen atoms in total. The zero-order chi connectivity index (χ0) is 17.8. The van der Waals surface area contributed by atoms with E-state index in [4.69, 9.17) is 0 Å². The molecule has 0 saturated carbocycles. The van der Waals surface area contributed by atoms with E-state index < -0.39 is 10.9 Å². The average Bonchev–Trinajstić information content (AvgIpc) is 2.97. The quantitative estimate of drug-likeness (QED) is 0.396. The summed E-state index contributed by atoms with van der Waals surface area (Å²) in [5.41, 5.74) is 2.09. The molecule has 128 valence electrons. The Labute approximate surface area is 144 Å². The van der Waals surface area contributed by atoms with E-state index in [9.17, 15) is 20.0 Å². The molecule has 1 N–H and O–H groups in total. The number of carboxylic acids is 1. The number of nitro benzene ring substituents is 1. The molecule has 0 radical (unpaired) electrons. The van der Waals surface area contributed by atoms with Crippen molar-refractivity contribution in [1.82, 2.24) is 4.57 Å². The molecule has 0 fully saturated rings. The van der Waals surface area contributed by atoms with Gasteiger partial charge in [-0.05, 0) is 37.0 Å². The van der Waals surface area contributed by atoms with Crippen LogP contribution < -0.4 is 0 Å². The lowest BCUT2D eigenvalue weighted by Crippen LogP contribution is -2.08. The highest BCUT2D eigenvalue weighted by Gasteiger charge is 2.16. The summed E-state index contributed by atoms with van der Waals surface area (Å²) in [6.45, 7) is 0.565. The summed E-state index contributed by atoms with van der Waals surface area (Å²) < 4.78 is 1.73. The summed E-state index contributed by atoms with van der Waals surface area (Å²) in [5, 5.41) is 20.9. The predicted molar refractivity (Wildman–Crippen MR) is 94.9 cm³/mol. The van der Waals surface area contributed by atoms with Crippen molar-refractivity contribution in [2.45, 2.75) is 25.8 Å². The largest absolute Gasteiger partial charge is 0.477 e. The van der Waals surface area contributed by atoms with E-state index in [-0.39, 0.29) is 11.4 Å². The number of aromatic carboxylic acids is 1. The number of non-ortho nitro benzene ring substituents is 1. The number of aromatic nitrogens is 1. The van der Waals surface area contributed by atoms with E-state index in [1.165, 1.54) is 23.8 Å². The van der Waals surface area contributed by atoms with Gasteiger partial charge in [0.05, 0.1) is 4.92 Å². The molecule has 0 aliphatic carbocycles. The van der Waals surface area contributed by atoms with Gasteiger partial charge in [0, 0.05) is 29.6 Å². The first-order valence-electron chi connectivity index (χ1n) is 8.11. The molecule has 0 spiro atoms. The number of hydrogen-bond donors (Lipinski definition) is 1. The van der Waals surface area contributed by atoms with E-state index in [1.54, 1.807) is 10.6 Å². The Morgan fingerprint density at radius 3 is 2.52 bits per heavy atom. The summed E-state index contributed by atoms with van der Waals surface area (Å²) >= 11 is 0. The van der Waals surface area contributed by atoms with Crippen LogP contribution in [0.5, 0.6) is 0 Å². The molecule has 1 heterocycles. The molecule has 0 unspecified atom stereocenters. The lowest BCUT2D eigenvalue weighted by Gasteiger charge is -2.08. The predicted octanol–water partition coefficient (Wildman–Crippen LogP) is 4.27. The monoisotopic (exact) mass is 338 g/mol. The second-order valence-electron chi connectivity index (χ2n) is 5.93. The molecule has 0 aliphatic rings. The van der Waals surface area contributed by atoms with E-state index >= 15 is 0 Å². The molecule has 3 aromatic rings. The first-order valence-corrected chi connectivity index (χ1v) is 8.11. The van der Waals surface area contributed by atoms with Crippen LogP contribution in [0.3, 0.4) is 0 Å². The van der Waals surface area contributed by atoms with Gasteiger partial charge in [-0.2, -0.15) is 0 Å². The molecule has 0 aliphatic heterocycles. The van der Waals surface area contributed by atoms with Crippen LogP contribution in [0.15, 0.2) is 54.6 Å². The number of aryl methyl sites for hydroxylation is 2. The average molecular weight is 338 g/mol. The van der Waals surface area contributed by atoms with E-state index in [0.29, 0.717) is 17.4 Å². The second-order valence-corrected chi connectivity index (χ2v) is 5.93. The minimum absolute atomic E-state index is 0.0364. The first-order chi connectivity index (χ1) is 12.1. The third-order valence-corrected chi connectivity index (χ3v) is 4.25. The maximum atomic E-state index is 11.5. The van der Waals surface area contributed by atoms with Gasteiger partial charge in [0.25, 0.3) is 5.69 Å². The summed E-state index contributed by atoms with van der Waals surface area (Å²) in [4.78, 5) is 21.9. The number of unbranched alkanes of at least 4 members (excludes halogenated alkanes) is 1. The fraction of sp³-hybridized carbons (Fsp3) is 0.211. The van der Waals surface area contributed by atoms with Crippen LogP contribution in [-0.2, 0) is 13.0 Å². The summed E-state index contributed by atoms with van der Waals surface area (Å²) in [5.74, 6) is -1.03. The van der Waals surface area contributed by atoms with Crippen LogP contribution >= 0.6 is 0 Å². The molecular weight excluding hydrogens is 320 g/mol. The lowest BCUT2D eigenvalue weighted by atomic mass is 10.1. The third-order valence-electron chi connectivity index (χ3n) is 4.25. The summed E-state index contributed by atoms with van der Waals surface area (Å²) in [6.07, 6.45) is 2.71. The van der Waals surface area contributed by atoms with Crippen molar-refractivity contribution >= 4 is 22.6 Å². The number of nitrogens with zero attached hydrogens (tertiary/aromatic N) is 2. The van der Waals surface area contributed by atoms with Gasteiger partial charge >= 0.3 is 5.97 Å². The Morgan fingerprint density at radius 2 is 1.84 bits per heavy atom. The van der Waals surface area contributed by atoms with Crippen molar-refractivity contribution < 1.29 is 14.8 Å². The third kappa shape index (κ3) is 3.68. The van der Waals surface area contributed by atoms with Gasteiger partial charge in [0.2, 0.25) is 0 Å². The number of carbonyl (C=O) groups is 1. The normalized spacial score (nSPS) is 10.9. The molecule has 0 amide bonds. The van der Waals surface area contributed by atoms with Gasteiger partial charge in [-0.1, -0.05) is 30.3 Å². The number of carboxylic acid groups (broad SMARTS) is 1. The topological polar surface area (TPSA) is 85.4 Å². The highest BCUT2D eigenvalue weighted by molar-refractivity contribution is 5.95. The van der Waals surface area contributed by atoms with Gasteiger partial charge in [-0.15, -0.1) is 0 Å². The zero-order valence-electron chi connectivity index (χ0n) is 13.6. The molecule has 3 rings (SSSR count). The van der Waals surface area contributed by atoms with Gasteiger partial charge in [0.15, 0.2) is 0 Å². The molecule has 0 atom stereocenters. The van der Waals surface area contributed by atoms with Crippen LogP contribution in [0, 0.1) is 10.1 Å². The molecular formula is C19H18N2O4. The smallest absolute Gasteiger partial charge is 0.352 e. The van der Waals surface area contributed by atoms with Crippen molar-refractivity contribution in [3.63, 3.8) is 0 Å². The Hall–Kier alpha value is -3.15. The molecule has 0 bridgehead atoms. The number of nitro groups is 1. The molecule has 6 heteroatoms. The van der Waals surface area contributed by atoms with Crippen LogP contribution in [0.2, 0.25) is 0 Å².